The van der Waals surface area contributed by atoms with Gasteiger partial charge >= 0.3 is 0 Å². The van der Waals surface area contributed by atoms with E-state index in [1.165, 1.54) is 0 Å². The van der Waals surface area contributed by atoms with E-state index >= 15 is 0 Å². The van der Waals surface area contributed by atoms with Crippen LogP contribution in [0.5, 0.6) is 0 Å². The fraction of sp³-hybridized carbons (Fsp3) is 0. The van der Waals surface area contributed by atoms with Crippen LogP contribution in [0.25, 0.3) is 0 Å². The Kier molecular flexibility index (Phi) is 1.02. The van der Waals surface area contributed by atoms with Crippen LogP contribution in [0.15, 0.2) is 6.20 Å². The van der Waals surface area contributed by atoms with Crippen molar-refractivity contribution in [3.8, 4) is 0 Å². The smallest absolute Gasteiger partial charge is 0.173 e. The Morgan fingerprint density at radius 1 is 1.71 bits per heavy atom. The largest absolute Gasteiger partial charge is 0.345 e. The molecule has 0 unspecified atom stereocenters. The zero-order chi connectivity index (χ0) is 5.28. The van der Waals surface area contributed by atoms with Crippen molar-refractivity contribution in [3.63, 3.8) is 0 Å². The van der Waals surface area contributed by atoms with Gasteiger partial charge in [-0.1, -0.05) is 0 Å². The number of hydrogen-bond acceptors (Lipinski definition) is 1. The second kappa shape index (κ2) is 1.54. The van der Waals surface area contributed by atoms with Crippen molar-refractivity contribution in [3.05, 3.63) is 11.0 Å². The number of hydrogen-bond donors (Lipinski definition) is 2. The highest BCUT2D eigenvalue weighted by atomic mass is 32.1. The van der Waals surface area contributed by atoms with Crippen LogP contribution in [0.4, 0.5) is 0 Å². The molecule has 2 radical (unpaired) electrons. The van der Waals surface area contributed by atoms with E-state index < -0.39 is 0 Å². The van der Waals surface area contributed by atoms with Crippen molar-refractivity contribution >= 4 is 25.7 Å². The first-order valence-electron chi connectivity index (χ1n) is 1.82. The van der Waals surface area contributed by atoms with E-state index in [2.05, 4.69) is 22.2 Å². The SMILES string of the molecule is [B]c1c[nH]c(=S)[nH]1. The van der Waals surface area contributed by atoms with Crippen LogP contribution in [-0.4, -0.2) is 17.8 Å². The molecular formula is C3H3BN2S. The predicted molar refractivity (Wildman–Crippen MR) is 31.4 cm³/mol. The van der Waals surface area contributed by atoms with Gasteiger partial charge in [0.1, 0.15) is 7.85 Å². The average molecular weight is 110 g/mol. The maximum absolute atomic E-state index is 5.23. The third-order valence-electron chi connectivity index (χ3n) is 0.617. The summed E-state index contributed by atoms with van der Waals surface area (Å²) in [5, 5.41) is 0. The molecule has 0 aromatic carbocycles. The van der Waals surface area contributed by atoms with Crippen molar-refractivity contribution in [1.82, 2.24) is 9.97 Å². The van der Waals surface area contributed by atoms with Crippen LogP contribution in [0.2, 0.25) is 0 Å². The molecule has 0 aliphatic heterocycles. The summed E-state index contributed by atoms with van der Waals surface area (Å²) in [6.45, 7) is 0. The van der Waals surface area contributed by atoms with Crippen LogP contribution in [0, 0.1) is 4.77 Å². The lowest BCUT2D eigenvalue weighted by molar-refractivity contribution is 1.28. The minimum Gasteiger partial charge on any atom is -0.345 e. The highest BCUT2D eigenvalue weighted by Gasteiger charge is 1.77. The third kappa shape index (κ3) is 0.930. The zero-order valence-electron chi connectivity index (χ0n) is 3.56. The van der Waals surface area contributed by atoms with Crippen molar-refractivity contribution in [2.75, 3.05) is 0 Å². The second-order valence-corrected chi connectivity index (χ2v) is 1.61. The summed E-state index contributed by atoms with van der Waals surface area (Å²) < 4.78 is 0.567. The average Bonchev–Trinajstić information content (AvgIpc) is 1.87. The topological polar surface area (TPSA) is 31.6 Å². The Labute approximate surface area is 47.4 Å². The molecule has 0 bridgehead atoms. The van der Waals surface area contributed by atoms with Crippen LogP contribution >= 0.6 is 12.2 Å². The minimum atomic E-state index is 0.567. The van der Waals surface area contributed by atoms with Crippen LogP contribution in [0.3, 0.4) is 0 Å². The Morgan fingerprint density at radius 2 is 2.43 bits per heavy atom. The number of nitrogens with one attached hydrogen (secondary N) is 2. The summed E-state index contributed by atoms with van der Waals surface area (Å²) in [6, 6.07) is 0. The summed E-state index contributed by atoms with van der Waals surface area (Å²) in [4.78, 5) is 5.38. The molecule has 0 aliphatic rings. The first-order chi connectivity index (χ1) is 3.29. The summed E-state index contributed by atoms with van der Waals surface area (Å²) in [7, 11) is 5.23. The molecule has 34 valence electrons. The molecule has 0 saturated heterocycles. The van der Waals surface area contributed by atoms with E-state index in [1.54, 1.807) is 6.20 Å². The summed E-state index contributed by atoms with van der Waals surface area (Å²) in [5.74, 6) is 0. The van der Waals surface area contributed by atoms with Gasteiger partial charge in [-0.25, -0.2) is 0 Å². The van der Waals surface area contributed by atoms with Crippen LogP contribution < -0.4 is 5.59 Å². The highest BCUT2D eigenvalue weighted by molar-refractivity contribution is 7.71. The lowest BCUT2D eigenvalue weighted by atomic mass is 10.1. The lowest BCUT2D eigenvalue weighted by Gasteiger charge is -1.69. The van der Waals surface area contributed by atoms with Gasteiger partial charge < -0.3 is 9.97 Å². The summed E-state index contributed by atoms with van der Waals surface area (Å²) in [6.07, 6.45) is 1.61. The predicted octanol–water partition coefficient (Wildman–Crippen LogP) is -0.134. The van der Waals surface area contributed by atoms with Crippen molar-refractivity contribution in [2.45, 2.75) is 0 Å². The van der Waals surface area contributed by atoms with Gasteiger partial charge in [0.15, 0.2) is 4.77 Å². The molecule has 1 aromatic heterocycles. The molecule has 4 heteroatoms. The van der Waals surface area contributed by atoms with Crippen molar-refractivity contribution < 1.29 is 0 Å². The number of imidazole rings is 1. The zero-order valence-corrected chi connectivity index (χ0v) is 4.38. The first-order valence-corrected chi connectivity index (χ1v) is 2.23. The Balaban J connectivity index is 3.30. The molecular weight excluding hydrogens is 107 g/mol. The quantitative estimate of drug-likeness (QED) is 0.353. The maximum atomic E-state index is 5.23. The molecule has 0 saturated carbocycles. The van der Waals surface area contributed by atoms with E-state index in [0.29, 0.717) is 10.4 Å². The molecule has 1 aromatic rings. The minimum absolute atomic E-state index is 0.567. The Morgan fingerprint density at radius 3 is 2.57 bits per heavy atom. The van der Waals surface area contributed by atoms with E-state index in [0.717, 1.165) is 0 Å². The van der Waals surface area contributed by atoms with Gasteiger partial charge in [0.2, 0.25) is 0 Å². The molecule has 2 N–H and O–H groups in total. The molecule has 0 fully saturated rings. The molecule has 1 heterocycles. The van der Waals surface area contributed by atoms with E-state index in [9.17, 15) is 0 Å². The maximum Gasteiger partial charge on any atom is 0.173 e. The van der Waals surface area contributed by atoms with E-state index in [-0.39, 0.29) is 0 Å². The lowest BCUT2D eigenvalue weighted by Crippen LogP contribution is -1.99. The van der Waals surface area contributed by atoms with Gasteiger partial charge in [0, 0.05) is 6.20 Å². The van der Waals surface area contributed by atoms with Gasteiger partial charge in [-0.05, 0) is 17.8 Å². The molecule has 0 spiro atoms. The molecule has 0 amide bonds. The summed E-state index contributed by atoms with van der Waals surface area (Å²) >= 11 is 4.64. The molecule has 0 aliphatic carbocycles. The monoisotopic (exact) mass is 110 g/mol. The number of H-pyrrole nitrogens is 2. The first kappa shape index (κ1) is 4.65. The Hall–Kier alpha value is -0.505. The fourth-order valence-electron chi connectivity index (χ4n) is 0.347. The fourth-order valence-corrected chi connectivity index (χ4v) is 0.523. The van der Waals surface area contributed by atoms with E-state index in [4.69, 9.17) is 7.85 Å². The molecule has 0 atom stereocenters. The Bertz CT molecular complexity index is 201. The number of rotatable bonds is 0. The number of aromatic nitrogens is 2. The van der Waals surface area contributed by atoms with Gasteiger partial charge in [-0.3, -0.25) is 0 Å². The van der Waals surface area contributed by atoms with Crippen molar-refractivity contribution in [2.24, 2.45) is 0 Å². The van der Waals surface area contributed by atoms with E-state index in [1.807, 2.05) is 0 Å². The highest BCUT2D eigenvalue weighted by Crippen LogP contribution is 1.69. The standard InChI is InChI=1S/C3H3BN2S/c4-2-1-5-3(7)6-2/h1H,(H2,5,6,7). The number of aromatic amines is 2. The van der Waals surface area contributed by atoms with Gasteiger partial charge in [0.05, 0.1) is 0 Å². The third-order valence-corrected chi connectivity index (χ3v) is 0.837. The van der Waals surface area contributed by atoms with Crippen LogP contribution in [0.1, 0.15) is 0 Å². The molecule has 1 rings (SSSR count). The van der Waals surface area contributed by atoms with Crippen LogP contribution in [-0.2, 0) is 0 Å². The second-order valence-electron chi connectivity index (χ2n) is 1.20. The van der Waals surface area contributed by atoms with Gasteiger partial charge in [-0.15, -0.1) is 0 Å². The van der Waals surface area contributed by atoms with Gasteiger partial charge in [-0.2, -0.15) is 0 Å². The van der Waals surface area contributed by atoms with Gasteiger partial charge in [0.25, 0.3) is 0 Å². The molecule has 7 heavy (non-hydrogen) atoms. The normalized spacial score (nSPS) is 9.14. The molecule has 2 nitrogen and oxygen atoms in total. The van der Waals surface area contributed by atoms with Crippen molar-refractivity contribution in [1.29, 1.82) is 0 Å². The summed E-state index contributed by atoms with van der Waals surface area (Å²) in [5.41, 5.74) is 0.574.